The van der Waals surface area contributed by atoms with Crippen molar-refractivity contribution < 1.29 is 14.6 Å². The number of carbonyl (C=O) groups excluding carboxylic acids is 1. The highest BCUT2D eigenvalue weighted by molar-refractivity contribution is 5.67. The fourth-order valence-corrected chi connectivity index (χ4v) is 1.06. The quantitative estimate of drug-likeness (QED) is 0.741. The van der Waals surface area contributed by atoms with Crippen LogP contribution in [-0.2, 0) is 4.74 Å². The zero-order valence-corrected chi connectivity index (χ0v) is 10.2. The smallest absolute Gasteiger partial charge is 0.407 e. The average molecular weight is 217 g/mol. The van der Waals surface area contributed by atoms with E-state index in [2.05, 4.69) is 12.2 Å². The minimum absolute atomic E-state index is 0.259. The van der Waals surface area contributed by atoms with Crippen LogP contribution in [0.15, 0.2) is 0 Å². The van der Waals surface area contributed by atoms with Crippen molar-refractivity contribution in [2.24, 2.45) is 0 Å². The molecule has 90 valence electrons. The fraction of sp³-hybridized carbons (Fsp3) is 0.909. The van der Waals surface area contributed by atoms with Crippen LogP contribution in [-0.4, -0.2) is 29.4 Å². The van der Waals surface area contributed by atoms with Crippen LogP contribution in [0.3, 0.4) is 0 Å². The van der Waals surface area contributed by atoms with E-state index in [0.29, 0.717) is 6.42 Å². The third-order valence-electron chi connectivity index (χ3n) is 1.77. The molecular weight excluding hydrogens is 194 g/mol. The Morgan fingerprint density at radius 2 is 2.07 bits per heavy atom. The summed E-state index contributed by atoms with van der Waals surface area (Å²) in [5.74, 6) is 0. The normalized spacial score (nSPS) is 13.4. The second-order valence-corrected chi connectivity index (χ2v) is 4.68. The molecule has 0 saturated heterocycles. The molecule has 15 heavy (non-hydrogen) atoms. The number of rotatable bonds is 5. The predicted molar refractivity (Wildman–Crippen MR) is 59.8 cm³/mol. The summed E-state index contributed by atoms with van der Waals surface area (Å²) in [5.41, 5.74) is -0.488. The maximum Gasteiger partial charge on any atom is 0.407 e. The van der Waals surface area contributed by atoms with Gasteiger partial charge in [0.2, 0.25) is 0 Å². The third kappa shape index (κ3) is 9.53. The fourth-order valence-electron chi connectivity index (χ4n) is 1.06. The third-order valence-corrected chi connectivity index (χ3v) is 1.77. The lowest BCUT2D eigenvalue weighted by Gasteiger charge is -2.20. The van der Waals surface area contributed by atoms with Gasteiger partial charge in [0, 0.05) is 6.54 Å². The van der Waals surface area contributed by atoms with Gasteiger partial charge in [-0.3, -0.25) is 0 Å². The zero-order valence-electron chi connectivity index (χ0n) is 10.2. The molecule has 0 rings (SSSR count). The molecule has 0 aliphatic rings. The van der Waals surface area contributed by atoms with E-state index in [1.807, 2.05) is 0 Å². The number of ether oxygens (including phenoxy) is 1. The maximum absolute atomic E-state index is 11.2. The van der Waals surface area contributed by atoms with Crippen molar-refractivity contribution >= 4 is 6.09 Å². The van der Waals surface area contributed by atoms with Crippen LogP contribution >= 0.6 is 0 Å². The van der Waals surface area contributed by atoms with Gasteiger partial charge in [-0.05, 0) is 27.2 Å². The number of amides is 1. The summed E-state index contributed by atoms with van der Waals surface area (Å²) >= 11 is 0. The lowest BCUT2D eigenvalue weighted by atomic mass is 10.1. The lowest BCUT2D eigenvalue weighted by Crippen LogP contribution is -2.36. The van der Waals surface area contributed by atoms with Gasteiger partial charge in [0.1, 0.15) is 5.60 Å². The number of unbranched alkanes of at least 4 members (excludes halogenated alkanes) is 1. The largest absolute Gasteiger partial charge is 0.444 e. The van der Waals surface area contributed by atoms with Crippen LogP contribution in [0.5, 0.6) is 0 Å². The van der Waals surface area contributed by atoms with Crippen molar-refractivity contribution in [1.29, 1.82) is 0 Å². The summed E-state index contributed by atoms with van der Waals surface area (Å²) < 4.78 is 5.03. The Morgan fingerprint density at radius 3 is 2.53 bits per heavy atom. The predicted octanol–water partition coefficient (Wildman–Crippen LogP) is 2.06. The Kier molecular flexibility index (Phi) is 6.32. The Labute approximate surface area is 92.0 Å². The van der Waals surface area contributed by atoms with E-state index in [1.54, 1.807) is 20.8 Å². The summed E-state index contributed by atoms with van der Waals surface area (Å²) in [6.45, 7) is 7.74. The van der Waals surface area contributed by atoms with E-state index >= 15 is 0 Å². The molecule has 0 spiro atoms. The molecule has 1 atom stereocenters. The van der Waals surface area contributed by atoms with Gasteiger partial charge < -0.3 is 15.2 Å². The van der Waals surface area contributed by atoms with Crippen LogP contribution in [0.2, 0.25) is 0 Å². The second kappa shape index (κ2) is 6.67. The van der Waals surface area contributed by atoms with Gasteiger partial charge >= 0.3 is 6.09 Å². The highest BCUT2D eigenvalue weighted by Crippen LogP contribution is 2.06. The minimum atomic E-state index is -0.488. The van der Waals surface area contributed by atoms with Gasteiger partial charge in [-0.2, -0.15) is 0 Å². The molecule has 0 unspecified atom stereocenters. The van der Waals surface area contributed by atoms with Crippen molar-refractivity contribution in [1.82, 2.24) is 5.32 Å². The molecule has 0 aromatic rings. The first-order valence-electron chi connectivity index (χ1n) is 5.50. The topological polar surface area (TPSA) is 58.6 Å². The highest BCUT2D eigenvalue weighted by atomic mass is 16.6. The molecular formula is C11H23NO3. The molecule has 0 heterocycles. The summed E-state index contributed by atoms with van der Waals surface area (Å²) in [5, 5.41) is 12.0. The number of aliphatic hydroxyl groups excluding tert-OH is 1. The first-order valence-corrected chi connectivity index (χ1v) is 5.50. The van der Waals surface area contributed by atoms with Gasteiger partial charge in [0.15, 0.2) is 0 Å². The maximum atomic E-state index is 11.2. The van der Waals surface area contributed by atoms with Crippen molar-refractivity contribution in [3.05, 3.63) is 0 Å². The van der Waals surface area contributed by atoms with Crippen molar-refractivity contribution in [3.63, 3.8) is 0 Å². The highest BCUT2D eigenvalue weighted by Gasteiger charge is 2.16. The number of carbonyl (C=O) groups is 1. The van der Waals surface area contributed by atoms with E-state index in [4.69, 9.17) is 4.74 Å². The van der Waals surface area contributed by atoms with Gasteiger partial charge in [-0.15, -0.1) is 0 Å². The van der Waals surface area contributed by atoms with Gasteiger partial charge in [-0.25, -0.2) is 4.79 Å². The first-order chi connectivity index (χ1) is 6.85. The Morgan fingerprint density at radius 1 is 1.47 bits per heavy atom. The molecule has 0 radical (unpaired) electrons. The summed E-state index contributed by atoms with van der Waals surface area (Å²) in [6, 6.07) is 0. The molecule has 0 bridgehead atoms. The Hall–Kier alpha value is -0.770. The molecule has 0 aromatic heterocycles. The molecule has 0 saturated carbocycles. The molecule has 0 aromatic carbocycles. The van der Waals surface area contributed by atoms with Crippen LogP contribution in [0.4, 0.5) is 4.79 Å². The average Bonchev–Trinajstić information content (AvgIpc) is 2.08. The number of hydrogen-bond donors (Lipinski definition) is 2. The number of hydrogen-bond acceptors (Lipinski definition) is 3. The number of alkyl carbamates (subject to hydrolysis) is 1. The summed E-state index contributed by atoms with van der Waals surface area (Å²) in [6.07, 6.45) is 1.78. The van der Waals surface area contributed by atoms with E-state index in [9.17, 15) is 9.90 Å². The van der Waals surface area contributed by atoms with E-state index in [0.717, 1.165) is 12.8 Å². The molecule has 0 fully saturated rings. The van der Waals surface area contributed by atoms with Crippen LogP contribution in [0, 0.1) is 0 Å². The lowest BCUT2D eigenvalue weighted by molar-refractivity contribution is 0.0487. The molecule has 4 nitrogen and oxygen atoms in total. The van der Waals surface area contributed by atoms with E-state index in [-0.39, 0.29) is 6.54 Å². The van der Waals surface area contributed by atoms with Crippen LogP contribution < -0.4 is 5.32 Å². The molecule has 4 heteroatoms. The SMILES string of the molecule is CCCC[C@H](O)CNC(=O)OC(C)(C)C. The van der Waals surface area contributed by atoms with Gasteiger partial charge in [-0.1, -0.05) is 19.8 Å². The van der Waals surface area contributed by atoms with E-state index in [1.165, 1.54) is 0 Å². The van der Waals surface area contributed by atoms with Crippen molar-refractivity contribution in [2.75, 3.05) is 6.54 Å². The second-order valence-electron chi connectivity index (χ2n) is 4.68. The summed E-state index contributed by atoms with van der Waals surface area (Å²) in [7, 11) is 0. The number of aliphatic hydroxyl groups is 1. The van der Waals surface area contributed by atoms with E-state index < -0.39 is 17.8 Å². The standard InChI is InChI=1S/C11H23NO3/c1-5-6-7-9(13)8-12-10(14)15-11(2,3)4/h9,13H,5-8H2,1-4H3,(H,12,14)/t9-/m0/s1. The van der Waals surface area contributed by atoms with Crippen LogP contribution in [0.25, 0.3) is 0 Å². The monoisotopic (exact) mass is 217 g/mol. The number of nitrogens with one attached hydrogen (secondary N) is 1. The molecule has 0 aliphatic heterocycles. The van der Waals surface area contributed by atoms with Crippen molar-refractivity contribution in [3.8, 4) is 0 Å². The minimum Gasteiger partial charge on any atom is -0.444 e. The van der Waals surface area contributed by atoms with Crippen molar-refractivity contribution in [2.45, 2.75) is 58.7 Å². The van der Waals surface area contributed by atoms with Gasteiger partial charge in [0.25, 0.3) is 0 Å². The Bertz CT molecular complexity index is 187. The zero-order chi connectivity index (χ0) is 11.9. The molecule has 1 amide bonds. The molecule has 0 aliphatic carbocycles. The van der Waals surface area contributed by atoms with Crippen LogP contribution in [0.1, 0.15) is 47.0 Å². The van der Waals surface area contributed by atoms with Gasteiger partial charge in [0.05, 0.1) is 6.10 Å². The molecule has 2 N–H and O–H groups in total. The summed E-state index contributed by atoms with van der Waals surface area (Å²) in [4.78, 5) is 11.2. The first kappa shape index (κ1) is 14.2. The Balaban J connectivity index is 3.62.